The maximum absolute atomic E-state index is 12.4. The first-order valence-electron chi connectivity index (χ1n) is 7.29. The van der Waals surface area contributed by atoms with Crippen LogP contribution in [0.5, 0.6) is 11.5 Å². The van der Waals surface area contributed by atoms with Crippen LogP contribution in [0.1, 0.15) is 5.56 Å². The predicted molar refractivity (Wildman–Crippen MR) is 80.8 cm³/mol. The topological polar surface area (TPSA) is 76.7 Å². The summed E-state index contributed by atoms with van der Waals surface area (Å²) in [6, 6.07) is 2.81. The minimum atomic E-state index is -4.61. The Morgan fingerprint density at radius 2 is 1.68 bits per heavy atom. The molecular weight excluding hydrogens is 405 g/mol. The molecule has 28 heavy (non-hydrogen) atoms. The molecule has 0 saturated carbocycles. The number of alkyl halides is 7. The third-order valence-electron chi connectivity index (χ3n) is 2.75. The van der Waals surface area contributed by atoms with Gasteiger partial charge in [-0.15, -0.1) is 0 Å². The third-order valence-corrected chi connectivity index (χ3v) is 2.75. The lowest BCUT2D eigenvalue weighted by atomic mass is 10.1. The van der Waals surface area contributed by atoms with Crippen LogP contribution in [0.25, 0.3) is 6.08 Å². The van der Waals surface area contributed by atoms with Crippen molar-refractivity contribution in [3.63, 3.8) is 0 Å². The van der Waals surface area contributed by atoms with Gasteiger partial charge in [-0.25, -0.2) is 0 Å². The fraction of sp³-hybridized carbons (Fsp3) is 0.333. The number of rotatable bonds is 9. The van der Waals surface area contributed by atoms with E-state index in [0.29, 0.717) is 0 Å². The van der Waals surface area contributed by atoms with Gasteiger partial charge in [-0.3, -0.25) is 9.59 Å². The molecule has 0 unspecified atom stereocenters. The van der Waals surface area contributed by atoms with Crippen molar-refractivity contribution in [2.45, 2.75) is 19.4 Å². The van der Waals surface area contributed by atoms with E-state index in [9.17, 15) is 40.3 Å². The molecule has 0 radical (unpaired) electrons. The van der Waals surface area contributed by atoms with Gasteiger partial charge in [0.05, 0.1) is 6.54 Å². The van der Waals surface area contributed by atoms with Gasteiger partial charge >= 0.3 is 19.4 Å². The number of nitrogens with one attached hydrogen (secondary N) is 2. The van der Waals surface area contributed by atoms with Crippen molar-refractivity contribution in [3.05, 3.63) is 29.8 Å². The van der Waals surface area contributed by atoms with Gasteiger partial charge in [0.25, 0.3) is 0 Å². The van der Waals surface area contributed by atoms with Crippen molar-refractivity contribution in [1.29, 1.82) is 0 Å². The van der Waals surface area contributed by atoms with E-state index < -0.39 is 55.8 Å². The highest BCUT2D eigenvalue weighted by atomic mass is 19.4. The highest BCUT2D eigenvalue weighted by Crippen LogP contribution is 2.28. The smallest absolute Gasteiger partial charge is 0.405 e. The zero-order valence-electron chi connectivity index (χ0n) is 13.7. The first-order valence-corrected chi connectivity index (χ1v) is 7.29. The molecule has 0 atom stereocenters. The Bertz CT molecular complexity index is 708. The van der Waals surface area contributed by atoms with Crippen LogP contribution >= 0.6 is 0 Å². The quantitative estimate of drug-likeness (QED) is 0.478. The van der Waals surface area contributed by atoms with Crippen molar-refractivity contribution in [2.24, 2.45) is 0 Å². The Morgan fingerprint density at radius 3 is 2.25 bits per heavy atom. The number of benzene rings is 1. The van der Waals surface area contributed by atoms with Gasteiger partial charge in [-0.1, -0.05) is 0 Å². The Morgan fingerprint density at radius 1 is 1.04 bits per heavy atom. The summed E-state index contributed by atoms with van der Waals surface area (Å²) in [5, 5.41) is 3.49. The van der Waals surface area contributed by atoms with Crippen LogP contribution < -0.4 is 20.1 Å². The molecular formula is C15H13F7N2O4. The molecule has 0 aromatic heterocycles. The van der Waals surface area contributed by atoms with E-state index in [1.807, 2.05) is 5.32 Å². The van der Waals surface area contributed by atoms with Crippen LogP contribution in [0.4, 0.5) is 30.7 Å². The summed E-state index contributed by atoms with van der Waals surface area (Å²) in [5.74, 6) is -3.07. The fourth-order valence-corrected chi connectivity index (χ4v) is 1.68. The SMILES string of the molecule is O=C(/C=C/c1ccc(OC(F)F)cc1OC(F)F)NCC(=O)NCC(F)(F)F. The summed E-state index contributed by atoms with van der Waals surface area (Å²) in [6.07, 6.45) is -2.87. The highest BCUT2D eigenvalue weighted by molar-refractivity contribution is 5.94. The van der Waals surface area contributed by atoms with Crippen LogP contribution in [0, 0.1) is 0 Å². The van der Waals surface area contributed by atoms with Crippen LogP contribution in [-0.2, 0) is 9.59 Å². The molecule has 0 saturated heterocycles. The Hall–Kier alpha value is -2.99. The zero-order valence-corrected chi connectivity index (χ0v) is 13.7. The number of ether oxygens (including phenoxy) is 2. The van der Waals surface area contributed by atoms with Crippen LogP contribution in [0.15, 0.2) is 24.3 Å². The summed E-state index contributed by atoms with van der Waals surface area (Å²) < 4.78 is 93.1. The molecule has 6 nitrogen and oxygen atoms in total. The zero-order chi connectivity index (χ0) is 21.3. The van der Waals surface area contributed by atoms with Gasteiger partial charge in [0, 0.05) is 17.7 Å². The maximum Gasteiger partial charge on any atom is 0.405 e. The Kier molecular flexibility index (Phi) is 8.54. The van der Waals surface area contributed by atoms with Gasteiger partial charge in [0.15, 0.2) is 0 Å². The van der Waals surface area contributed by atoms with Crippen molar-refractivity contribution >= 4 is 17.9 Å². The Balaban J connectivity index is 2.70. The molecule has 0 aliphatic carbocycles. The van der Waals surface area contributed by atoms with Gasteiger partial charge in [0.1, 0.15) is 18.0 Å². The molecule has 0 aliphatic heterocycles. The molecule has 1 aromatic carbocycles. The summed E-state index contributed by atoms with van der Waals surface area (Å²) >= 11 is 0. The van der Waals surface area contributed by atoms with Gasteiger partial charge in [0.2, 0.25) is 11.8 Å². The predicted octanol–water partition coefficient (Wildman–Crippen LogP) is 2.70. The summed E-state index contributed by atoms with van der Waals surface area (Å²) in [7, 11) is 0. The number of hydrogen-bond donors (Lipinski definition) is 2. The third kappa shape index (κ3) is 9.64. The summed E-state index contributed by atoms with van der Waals surface area (Å²) in [6.45, 7) is -8.82. The maximum atomic E-state index is 12.4. The fourth-order valence-electron chi connectivity index (χ4n) is 1.68. The molecule has 2 amide bonds. The lowest BCUT2D eigenvalue weighted by Gasteiger charge is -2.11. The second kappa shape index (κ2) is 10.4. The monoisotopic (exact) mass is 418 g/mol. The minimum Gasteiger partial charge on any atom is -0.435 e. The Labute approximate surface area is 153 Å². The number of halogens is 7. The van der Waals surface area contributed by atoms with Crippen molar-refractivity contribution in [1.82, 2.24) is 10.6 Å². The molecule has 2 N–H and O–H groups in total. The van der Waals surface area contributed by atoms with Gasteiger partial charge < -0.3 is 20.1 Å². The lowest BCUT2D eigenvalue weighted by molar-refractivity contribution is -0.138. The minimum absolute atomic E-state index is 0.112. The highest BCUT2D eigenvalue weighted by Gasteiger charge is 2.27. The normalized spacial score (nSPS) is 11.8. The molecule has 156 valence electrons. The molecule has 0 fully saturated rings. The van der Waals surface area contributed by atoms with E-state index in [1.54, 1.807) is 0 Å². The number of amides is 2. The van der Waals surface area contributed by atoms with Crippen molar-refractivity contribution in [2.75, 3.05) is 13.1 Å². The van der Waals surface area contributed by atoms with E-state index >= 15 is 0 Å². The average molecular weight is 418 g/mol. The number of carbonyl (C=O) groups excluding carboxylic acids is 2. The van der Waals surface area contributed by atoms with Crippen LogP contribution in [0.2, 0.25) is 0 Å². The first-order chi connectivity index (χ1) is 13.0. The molecule has 13 heteroatoms. The van der Waals surface area contributed by atoms with E-state index in [0.717, 1.165) is 30.4 Å². The second-order valence-corrected chi connectivity index (χ2v) is 4.90. The lowest BCUT2D eigenvalue weighted by Crippen LogP contribution is -2.40. The van der Waals surface area contributed by atoms with Crippen molar-refractivity contribution in [3.8, 4) is 11.5 Å². The van der Waals surface area contributed by atoms with Crippen LogP contribution in [-0.4, -0.2) is 44.3 Å². The molecule has 1 aromatic rings. The van der Waals surface area contributed by atoms with E-state index in [2.05, 4.69) is 9.47 Å². The molecule has 1 rings (SSSR count). The summed E-state index contributed by atoms with van der Waals surface area (Å²) in [5.41, 5.74) is -0.112. The molecule has 0 spiro atoms. The van der Waals surface area contributed by atoms with E-state index in [1.165, 1.54) is 5.32 Å². The van der Waals surface area contributed by atoms with Crippen molar-refractivity contribution < 1.29 is 49.8 Å². The van der Waals surface area contributed by atoms with E-state index in [-0.39, 0.29) is 5.56 Å². The van der Waals surface area contributed by atoms with Gasteiger partial charge in [-0.2, -0.15) is 30.7 Å². The average Bonchev–Trinajstić information content (AvgIpc) is 2.55. The number of hydrogen-bond acceptors (Lipinski definition) is 4. The molecule has 0 aliphatic rings. The number of carbonyl (C=O) groups is 2. The van der Waals surface area contributed by atoms with E-state index in [4.69, 9.17) is 0 Å². The molecule has 0 heterocycles. The van der Waals surface area contributed by atoms with Gasteiger partial charge in [-0.05, 0) is 18.2 Å². The molecule has 0 bridgehead atoms. The summed E-state index contributed by atoms with van der Waals surface area (Å²) in [4.78, 5) is 22.7. The second-order valence-electron chi connectivity index (χ2n) is 4.90. The largest absolute Gasteiger partial charge is 0.435 e. The van der Waals surface area contributed by atoms with Crippen LogP contribution in [0.3, 0.4) is 0 Å². The standard InChI is InChI=1S/C15H13F7N2O4/c16-13(17)27-9-3-1-8(10(5-9)28-14(18)19)2-4-11(25)23-6-12(26)24-7-15(20,21)22/h1-5,13-14H,6-7H2,(H,23,25)(H,24,26)/b4-2+. The first kappa shape index (κ1) is 23.0.